The summed E-state index contributed by atoms with van der Waals surface area (Å²) in [6.07, 6.45) is -1.20. The fourth-order valence-corrected chi connectivity index (χ4v) is 2.48. The number of para-hydroxylation sites is 2. The normalized spacial score (nSPS) is 18.7. The molecule has 2 aromatic carbocycles. The Balaban J connectivity index is 1.57. The molecule has 2 atom stereocenters. The number of hydrogen-bond donors (Lipinski definition) is 1. The van der Waals surface area contributed by atoms with Crippen molar-refractivity contribution in [3.8, 4) is 17.2 Å². The largest absolute Gasteiger partial charge is 0.482 e. The van der Waals surface area contributed by atoms with Crippen LogP contribution in [0.5, 0.6) is 17.2 Å². The van der Waals surface area contributed by atoms with Gasteiger partial charge in [-0.15, -0.1) is 0 Å². The van der Waals surface area contributed by atoms with Gasteiger partial charge in [0.2, 0.25) is 6.10 Å². The third-order valence-electron chi connectivity index (χ3n) is 3.72. The smallest absolute Gasteiger partial charge is 0.387 e. The summed E-state index contributed by atoms with van der Waals surface area (Å²) in [5, 5.41) is 2.76. The molecule has 0 spiro atoms. The minimum Gasteiger partial charge on any atom is -0.482 e. The van der Waals surface area contributed by atoms with Crippen molar-refractivity contribution < 1.29 is 27.8 Å². The third kappa shape index (κ3) is 4.17. The maximum absolute atomic E-state index is 12.4. The van der Waals surface area contributed by atoms with Gasteiger partial charge in [-0.3, -0.25) is 4.79 Å². The molecule has 5 nitrogen and oxygen atoms in total. The Labute approximate surface area is 143 Å². The van der Waals surface area contributed by atoms with Crippen LogP contribution in [0.15, 0.2) is 48.5 Å². The molecule has 0 radical (unpaired) electrons. The molecule has 0 aliphatic carbocycles. The van der Waals surface area contributed by atoms with Gasteiger partial charge in [0.15, 0.2) is 11.5 Å². The van der Waals surface area contributed by atoms with E-state index in [1.165, 1.54) is 12.1 Å². The molecule has 0 bridgehead atoms. The average molecular weight is 349 g/mol. The second kappa shape index (κ2) is 7.38. The van der Waals surface area contributed by atoms with Crippen molar-refractivity contribution in [2.24, 2.45) is 0 Å². The molecule has 0 saturated heterocycles. The van der Waals surface area contributed by atoms with Gasteiger partial charge in [0, 0.05) is 6.54 Å². The average Bonchev–Trinajstić information content (AvgIpc) is 2.60. The predicted molar refractivity (Wildman–Crippen MR) is 85.9 cm³/mol. The predicted octanol–water partition coefficient (Wildman–Crippen LogP) is 3.13. The maximum atomic E-state index is 12.4. The van der Waals surface area contributed by atoms with Crippen molar-refractivity contribution in [2.45, 2.75) is 32.3 Å². The Morgan fingerprint density at radius 2 is 1.76 bits per heavy atom. The summed E-state index contributed by atoms with van der Waals surface area (Å²) < 4.78 is 39.9. The zero-order valence-electron chi connectivity index (χ0n) is 13.4. The molecule has 1 amide bonds. The van der Waals surface area contributed by atoms with Gasteiger partial charge in [0.25, 0.3) is 5.91 Å². The van der Waals surface area contributed by atoms with E-state index in [9.17, 15) is 13.6 Å². The first-order valence-corrected chi connectivity index (χ1v) is 7.77. The molecule has 1 N–H and O–H groups in total. The van der Waals surface area contributed by atoms with Gasteiger partial charge in [-0.05, 0) is 36.8 Å². The lowest BCUT2D eigenvalue weighted by atomic mass is 10.1. The molecule has 132 valence electrons. The molecule has 1 heterocycles. The van der Waals surface area contributed by atoms with E-state index in [2.05, 4.69) is 10.1 Å². The number of ether oxygens (including phenoxy) is 3. The molecular formula is C18H17F2NO4. The van der Waals surface area contributed by atoms with Gasteiger partial charge < -0.3 is 19.5 Å². The lowest BCUT2D eigenvalue weighted by molar-refractivity contribution is -0.133. The zero-order valence-corrected chi connectivity index (χ0v) is 13.4. The van der Waals surface area contributed by atoms with Gasteiger partial charge in [-0.1, -0.05) is 24.3 Å². The second-order valence-electron chi connectivity index (χ2n) is 5.55. The highest BCUT2D eigenvalue weighted by Gasteiger charge is 2.33. The van der Waals surface area contributed by atoms with Gasteiger partial charge >= 0.3 is 6.61 Å². The van der Waals surface area contributed by atoms with Crippen molar-refractivity contribution in [3.63, 3.8) is 0 Å². The number of benzene rings is 2. The van der Waals surface area contributed by atoms with Crippen LogP contribution < -0.4 is 19.5 Å². The summed E-state index contributed by atoms with van der Waals surface area (Å²) in [4.78, 5) is 12.4. The van der Waals surface area contributed by atoms with E-state index in [0.29, 0.717) is 11.5 Å². The van der Waals surface area contributed by atoms with E-state index in [1.807, 2.05) is 6.07 Å². The van der Waals surface area contributed by atoms with Crippen molar-refractivity contribution in [1.29, 1.82) is 0 Å². The number of fused-ring (bicyclic) bond motifs is 1. The van der Waals surface area contributed by atoms with E-state index >= 15 is 0 Å². The fourth-order valence-electron chi connectivity index (χ4n) is 2.48. The quantitative estimate of drug-likeness (QED) is 0.901. The Hall–Kier alpha value is -2.83. The lowest BCUT2D eigenvalue weighted by Gasteiger charge is -2.31. The fraction of sp³-hybridized carbons (Fsp3) is 0.278. The van der Waals surface area contributed by atoms with Crippen LogP contribution in [0.1, 0.15) is 12.5 Å². The molecule has 1 aliphatic rings. The van der Waals surface area contributed by atoms with Crippen LogP contribution in [0.25, 0.3) is 0 Å². The topological polar surface area (TPSA) is 56.8 Å². The van der Waals surface area contributed by atoms with Crippen molar-refractivity contribution in [2.75, 3.05) is 0 Å². The number of halogens is 2. The number of amides is 1. The summed E-state index contributed by atoms with van der Waals surface area (Å²) >= 11 is 0. The number of hydrogen-bond acceptors (Lipinski definition) is 4. The van der Waals surface area contributed by atoms with Crippen LogP contribution in [0.2, 0.25) is 0 Å². The second-order valence-corrected chi connectivity index (χ2v) is 5.55. The first-order chi connectivity index (χ1) is 12.0. The number of carbonyl (C=O) groups is 1. The Bertz CT molecular complexity index is 736. The number of alkyl halides is 2. The SMILES string of the molecule is CC1Oc2ccccc2OC1C(=O)NCc1ccc(OC(F)F)cc1. The van der Waals surface area contributed by atoms with Crippen molar-refractivity contribution in [1.82, 2.24) is 5.32 Å². The highest BCUT2D eigenvalue weighted by molar-refractivity contribution is 5.82. The van der Waals surface area contributed by atoms with E-state index in [0.717, 1.165) is 5.56 Å². The van der Waals surface area contributed by atoms with Gasteiger partial charge in [-0.25, -0.2) is 0 Å². The highest BCUT2D eigenvalue weighted by atomic mass is 19.3. The molecule has 7 heteroatoms. The Morgan fingerprint density at radius 3 is 2.40 bits per heavy atom. The first kappa shape index (κ1) is 17.0. The minimum absolute atomic E-state index is 0.0688. The van der Waals surface area contributed by atoms with Crippen LogP contribution in [0.4, 0.5) is 8.78 Å². The van der Waals surface area contributed by atoms with Crippen LogP contribution in [0, 0.1) is 0 Å². The van der Waals surface area contributed by atoms with Crippen LogP contribution in [0.3, 0.4) is 0 Å². The lowest BCUT2D eigenvalue weighted by Crippen LogP contribution is -2.48. The minimum atomic E-state index is -2.86. The summed E-state index contributed by atoms with van der Waals surface area (Å²) in [5.74, 6) is 0.886. The van der Waals surface area contributed by atoms with Crippen LogP contribution >= 0.6 is 0 Å². The summed E-state index contributed by atoms with van der Waals surface area (Å²) in [5.41, 5.74) is 0.750. The van der Waals surface area contributed by atoms with Crippen LogP contribution in [-0.2, 0) is 11.3 Å². The summed E-state index contributed by atoms with van der Waals surface area (Å²) in [7, 11) is 0. The third-order valence-corrected chi connectivity index (χ3v) is 3.72. The molecule has 2 unspecified atom stereocenters. The van der Waals surface area contributed by atoms with Crippen molar-refractivity contribution in [3.05, 3.63) is 54.1 Å². The highest BCUT2D eigenvalue weighted by Crippen LogP contribution is 2.33. The monoisotopic (exact) mass is 349 g/mol. The zero-order chi connectivity index (χ0) is 17.8. The van der Waals surface area contributed by atoms with Gasteiger partial charge in [0.1, 0.15) is 11.9 Å². The molecule has 0 aromatic heterocycles. The van der Waals surface area contributed by atoms with E-state index in [-0.39, 0.29) is 18.2 Å². The van der Waals surface area contributed by atoms with E-state index in [4.69, 9.17) is 9.47 Å². The van der Waals surface area contributed by atoms with E-state index < -0.39 is 18.8 Å². The molecule has 0 saturated carbocycles. The van der Waals surface area contributed by atoms with Crippen molar-refractivity contribution >= 4 is 5.91 Å². The molecular weight excluding hydrogens is 332 g/mol. The molecule has 3 rings (SSSR count). The molecule has 25 heavy (non-hydrogen) atoms. The Morgan fingerprint density at radius 1 is 1.12 bits per heavy atom. The summed E-state index contributed by atoms with van der Waals surface area (Å²) in [6.45, 7) is -0.864. The number of nitrogens with one attached hydrogen (secondary N) is 1. The van der Waals surface area contributed by atoms with Gasteiger partial charge in [0.05, 0.1) is 0 Å². The number of rotatable bonds is 5. The maximum Gasteiger partial charge on any atom is 0.387 e. The first-order valence-electron chi connectivity index (χ1n) is 7.77. The number of carbonyl (C=O) groups excluding carboxylic acids is 1. The van der Waals surface area contributed by atoms with Crippen LogP contribution in [-0.4, -0.2) is 24.7 Å². The molecule has 1 aliphatic heterocycles. The molecule has 2 aromatic rings. The standard InChI is InChI=1S/C18H17F2NO4/c1-11-16(25-15-5-3-2-4-14(15)23-11)17(22)21-10-12-6-8-13(9-7-12)24-18(19)20/h2-9,11,16,18H,10H2,1H3,(H,21,22). The molecule has 0 fully saturated rings. The van der Waals surface area contributed by atoms with Gasteiger partial charge in [-0.2, -0.15) is 8.78 Å². The Kier molecular flexibility index (Phi) is 5.02. The van der Waals surface area contributed by atoms with E-state index in [1.54, 1.807) is 37.3 Å². The summed E-state index contributed by atoms with van der Waals surface area (Å²) in [6, 6.07) is 13.2.